The predicted octanol–water partition coefficient (Wildman–Crippen LogP) is 2.81. The third kappa shape index (κ3) is 3.50. The molecule has 120 valence electrons. The maximum Gasteiger partial charge on any atom is 0.352 e. The molecule has 0 saturated carbocycles. The van der Waals surface area contributed by atoms with E-state index in [1.54, 1.807) is 0 Å². The Morgan fingerprint density at radius 1 is 1.22 bits per heavy atom. The van der Waals surface area contributed by atoms with Gasteiger partial charge in [-0.3, -0.25) is 9.59 Å². The third-order valence-corrected chi connectivity index (χ3v) is 3.46. The van der Waals surface area contributed by atoms with E-state index in [2.05, 4.69) is 20.9 Å². The monoisotopic (exact) mass is 387 g/mol. The summed E-state index contributed by atoms with van der Waals surface area (Å²) in [6, 6.07) is 5.58. The smallest absolute Gasteiger partial charge is 0.352 e. The number of hydrogen-bond donors (Lipinski definition) is 2. The van der Waals surface area contributed by atoms with Gasteiger partial charge >= 0.3 is 5.92 Å². The molecule has 0 spiro atoms. The van der Waals surface area contributed by atoms with Crippen molar-refractivity contribution in [3.63, 3.8) is 0 Å². The van der Waals surface area contributed by atoms with Gasteiger partial charge in [-0.05, 0) is 40.2 Å². The number of rotatable bonds is 4. The number of nitrogens with one attached hydrogen (secondary N) is 1. The van der Waals surface area contributed by atoms with Crippen LogP contribution in [0.4, 0.5) is 18.9 Å². The number of amides is 2. The second kappa shape index (κ2) is 6.37. The Labute approximate surface area is 136 Å². The number of alkyl halides is 2. The predicted molar refractivity (Wildman–Crippen MR) is 79.4 cm³/mol. The Balaban J connectivity index is 2.24. The summed E-state index contributed by atoms with van der Waals surface area (Å²) in [7, 11) is 0. The van der Waals surface area contributed by atoms with E-state index in [4.69, 9.17) is 5.73 Å². The van der Waals surface area contributed by atoms with Crippen molar-refractivity contribution >= 4 is 33.4 Å². The molecule has 5 nitrogen and oxygen atoms in total. The van der Waals surface area contributed by atoms with Crippen molar-refractivity contribution in [3.05, 3.63) is 58.1 Å². The number of nitrogens with zero attached hydrogens (tertiary/aromatic N) is 1. The maximum atomic E-state index is 14.1. The highest BCUT2D eigenvalue weighted by atomic mass is 79.9. The summed E-state index contributed by atoms with van der Waals surface area (Å²) >= 11 is 2.78. The fraction of sp³-hybridized carbons (Fsp3) is 0.0714. The topological polar surface area (TPSA) is 85.1 Å². The van der Waals surface area contributed by atoms with Gasteiger partial charge in [-0.2, -0.15) is 8.78 Å². The molecule has 3 N–H and O–H groups in total. The van der Waals surface area contributed by atoms with Crippen LogP contribution in [0.3, 0.4) is 0 Å². The van der Waals surface area contributed by atoms with E-state index >= 15 is 0 Å². The van der Waals surface area contributed by atoms with Gasteiger partial charge in [0.15, 0.2) is 0 Å². The molecule has 23 heavy (non-hydrogen) atoms. The zero-order valence-corrected chi connectivity index (χ0v) is 12.9. The molecule has 0 aliphatic heterocycles. The Hall–Kier alpha value is -2.42. The fourth-order valence-electron chi connectivity index (χ4n) is 1.69. The number of benzene rings is 1. The van der Waals surface area contributed by atoms with Crippen LogP contribution in [0.1, 0.15) is 16.1 Å². The van der Waals surface area contributed by atoms with Crippen LogP contribution in [0, 0.1) is 5.82 Å². The van der Waals surface area contributed by atoms with Crippen LogP contribution in [-0.4, -0.2) is 16.8 Å². The van der Waals surface area contributed by atoms with Gasteiger partial charge in [-0.15, -0.1) is 0 Å². The lowest BCUT2D eigenvalue weighted by Crippen LogP contribution is -2.33. The first-order chi connectivity index (χ1) is 10.7. The summed E-state index contributed by atoms with van der Waals surface area (Å²) < 4.78 is 41.8. The number of hydrogen-bond acceptors (Lipinski definition) is 3. The van der Waals surface area contributed by atoms with E-state index in [9.17, 15) is 22.8 Å². The average Bonchev–Trinajstić information content (AvgIpc) is 2.50. The van der Waals surface area contributed by atoms with E-state index in [1.807, 2.05) is 5.32 Å². The maximum absolute atomic E-state index is 14.1. The van der Waals surface area contributed by atoms with Gasteiger partial charge in [0.05, 0.1) is 21.9 Å². The molecular weight excluding hydrogens is 379 g/mol. The summed E-state index contributed by atoms with van der Waals surface area (Å²) in [6.45, 7) is 0. The number of nitrogens with two attached hydrogens (primary N) is 1. The molecule has 0 unspecified atom stereocenters. The van der Waals surface area contributed by atoms with Crippen LogP contribution in [0.15, 0.2) is 41.0 Å². The zero-order valence-electron chi connectivity index (χ0n) is 11.3. The molecule has 1 aromatic carbocycles. The Bertz CT molecular complexity index is 766. The fourth-order valence-corrected chi connectivity index (χ4v) is 2.06. The molecule has 0 fully saturated rings. The average molecular weight is 388 g/mol. The van der Waals surface area contributed by atoms with Crippen LogP contribution in [0.25, 0.3) is 0 Å². The molecular formula is C14H9BrF3N3O2. The van der Waals surface area contributed by atoms with Crippen molar-refractivity contribution in [2.75, 3.05) is 5.32 Å². The van der Waals surface area contributed by atoms with Crippen LogP contribution in [0.2, 0.25) is 0 Å². The molecule has 0 saturated heterocycles. The number of primary amides is 1. The van der Waals surface area contributed by atoms with Crippen molar-refractivity contribution in [3.8, 4) is 0 Å². The standard InChI is InChI=1S/C14H9BrF3N3O2/c15-9-3-1-2-8(11(9)16)14(17,18)13(23)21-7-4-5-10(12(19)22)20-6-7/h1-6H,(H2,19,22)(H,21,23). The largest absolute Gasteiger partial charge is 0.364 e. The number of pyridine rings is 1. The third-order valence-electron chi connectivity index (χ3n) is 2.85. The molecule has 0 bridgehead atoms. The number of aromatic nitrogens is 1. The first-order valence-corrected chi connectivity index (χ1v) is 6.92. The lowest BCUT2D eigenvalue weighted by Gasteiger charge is -2.17. The van der Waals surface area contributed by atoms with Gasteiger partial charge in [-0.1, -0.05) is 6.07 Å². The van der Waals surface area contributed by atoms with Gasteiger partial charge < -0.3 is 11.1 Å². The van der Waals surface area contributed by atoms with E-state index in [0.29, 0.717) is 0 Å². The molecule has 2 amide bonds. The van der Waals surface area contributed by atoms with Crippen LogP contribution < -0.4 is 11.1 Å². The Kier molecular flexibility index (Phi) is 4.69. The lowest BCUT2D eigenvalue weighted by molar-refractivity contribution is -0.141. The number of carbonyl (C=O) groups excluding carboxylic acids is 2. The Morgan fingerprint density at radius 3 is 2.48 bits per heavy atom. The molecule has 1 heterocycles. The van der Waals surface area contributed by atoms with Gasteiger partial charge in [0.25, 0.3) is 11.8 Å². The summed E-state index contributed by atoms with van der Waals surface area (Å²) in [6.07, 6.45) is 0.991. The summed E-state index contributed by atoms with van der Waals surface area (Å²) in [5.74, 6) is -7.86. The van der Waals surface area contributed by atoms with Crippen LogP contribution >= 0.6 is 15.9 Å². The van der Waals surface area contributed by atoms with Crippen LogP contribution in [-0.2, 0) is 10.7 Å². The van der Waals surface area contributed by atoms with Crippen molar-refractivity contribution in [1.29, 1.82) is 0 Å². The normalized spacial score (nSPS) is 11.1. The Morgan fingerprint density at radius 2 is 1.91 bits per heavy atom. The van der Waals surface area contributed by atoms with E-state index in [-0.39, 0.29) is 15.9 Å². The molecule has 9 heteroatoms. The van der Waals surface area contributed by atoms with E-state index < -0.39 is 29.1 Å². The first kappa shape index (κ1) is 16.9. The highest BCUT2D eigenvalue weighted by Crippen LogP contribution is 2.34. The van der Waals surface area contributed by atoms with E-state index in [1.165, 1.54) is 18.2 Å². The minimum Gasteiger partial charge on any atom is -0.364 e. The first-order valence-electron chi connectivity index (χ1n) is 6.13. The van der Waals surface area contributed by atoms with E-state index in [0.717, 1.165) is 18.3 Å². The number of carbonyl (C=O) groups is 2. The quantitative estimate of drug-likeness (QED) is 0.845. The number of halogens is 4. The van der Waals surface area contributed by atoms with Crippen molar-refractivity contribution in [2.45, 2.75) is 5.92 Å². The number of anilines is 1. The zero-order chi connectivity index (χ0) is 17.2. The van der Waals surface area contributed by atoms with Gasteiger partial charge in [-0.25, -0.2) is 9.37 Å². The molecule has 1 aromatic heterocycles. The summed E-state index contributed by atoms with van der Waals surface area (Å²) in [4.78, 5) is 26.2. The molecule has 0 atom stereocenters. The van der Waals surface area contributed by atoms with Crippen molar-refractivity contribution < 1.29 is 22.8 Å². The van der Waals surface area contributed by atoms with Crippen molar-refractivity contribution in [2.24, 2.45) is 5.73 Å². The van der Waals surface area contributed by atoms with Crippen LogP contribution in [0.5, 0.6) is 0 Å². The molecule has 0 aliphatic carbocycles. The second-order valence-corrected chi connectivity index (χ2v) is 5.28. The minimum atomic E-state index is -4.10. The SMILES string of the molecule is NC(=O)c1ccc(NC(=O)C(F)(F)c2cccc(Br)c2F)cn1. The molecule has 2 rings (SSSR count). The highest BCUT2D eigenvalue weighted by Gasteiger charge is 2.43. The summed E-state index contributed by atoms with van der Waals surface area (Å²) in [5, 5.41) is 1.91. The summed E-state index contributed by atoms with van der Waals surface area (Å²) in [5.41, 5.74) is 3.74. The van der Waals surface area contributed by atoms with Gasteiger partial charge in [0.2, 0.25) is 0 Å². The molecule has 2 aromatic rings. The highest BCUT2D eigenvalue weighted by molar-refractivity contribution is 9.10. The second-order valence-electron chi connectivity index (χ2n) is 4.43. The molecule has 0 aliphatic rings. The minimum absolute atomic E-state index is 0.0879. The lowest BCUT2D eigenvalue weighted by atomic mass is 10.1. The van der Waals surface area contributed by atoms with Gasteiger partial charge in [0.1, 0.15) is 11.5 Å². The van der Waals surface area contributed by atoms with Crippen molar-refractivity contribution in [1.82, 2.24) is 4.98 Å². The molecule has 0 radical (unpaired) electrons. The van der Waals surface area contributed by atoms with Gasteiger partial charge in [0, 0.05) is 0 Å².